The highest BCUT2D eigenvalue weighted by Gasteiger charge is 2.64. The van der Waals surface area contributed by atoms with Crippen LogP contribution in [0.2, 0.25) is 0 Å². The molecule has 0 aromatic rings. The van der Waals surface area contributed by atoms with E-state index in [2.05, 4.69) is 0 Å². The lowest BCUT2D eigenvalue weighted by atomic mass is 9.69. The summed E-state index contributed by atoms with van der Waals surface area (Å²) in [5.74, 6) is 0.136. The molecule has 108 valence electrons. The minimum Gasteiger partial charge on any atom is -0.396 e. The lowest BCUT2D eigenvalue weighted by molar-refractivity contribution is -0.348. The van der Waals surface area contributed by atoms with Crippen LogP contribution in [0.1, 0.15) is 40.5 Å². The largest absolute Gasteiger partial charge is 0.396 e. The van der Waals surface area contributed by atoms with Crippen LogP contribution >= 0.6 is 7.60 Å². The Hall–Kier alpha value is 0.0700. The van der Waals surface area contributed by atoms with Crippen molar-refractivity contribution < 1.29 is 24.1 Å². The Morgan fingerprint density at radius 1 is 1.28 bits per heavy atom. The first-order valence-corrected chi connectivity index (χ1v) is 8.42. The first kappa shape index (κ1) is 16.1. The van der Waals surface area contributed by atoms with Gasteiger partial charge in [0.15, 0.2) is 0 Å². The van der Waals surface area contributed by atoms with Crippen LogP contribution in [0.15, 0.2) is 0 Å². The molecule has 0 amide bonds. The summed E-state index contributed by atoms with van der Waals surface area (Å²) in [6, 6.07) is 0. The number of rotatable bonds is 7. The molecule has 0 bridgehead atoms. The lowest BCUT2D eigenvalue weighted by Gasteiger charge is -2.45. The molecule has 1 atom stereocenters. The summed E-state index contributed by atoms with van der Waals surface area (Å²) in [5, 5.41) is 9.65. The van der Waals surface area contributed by atoms with E-state index in [9.17, 15) is 14.6 Å². The molecule has 18 heavy (non-hydrogen) atoms. The first-order valence-electron chi connectivity index (χ1n) is 6.40. The Labute approximate surface area is 109 Å². The van der Waals surface area contributed by atoms with Crippen LogP contribution in [0.4, 0.5) is 0 Å². The van der Waals surface area contributed by atoms with E-state index < -0.39 is 13.2 Å². The molecule has 1 saturated carbocycles. The van der Waals surface area contributed by atoms with Gasteiger partial charge in [-0.05, 0) is 24.7 Å². The molecule has 6 heteroatoms. The van der Waals surface area contributed by atoms with Crippen molar-refractivity contribution in [1.82, 2.24) is 0 Å². The van der Waals surface area contributed by atoms with Gasteiger partial charge in [-0.1, -0.05) is 27.7 Å². The third kappa shape index (κ3) is 2.81. The molecule has 1 fully saturated rings. The second kappa shape index (κ2) is 5.22. The van der Waals surface area contributed by atoms with Crippen molar-refractivity contribution in [3.63, 3.8) is 0 Å². The fourth-order valence-electron chi connectivity index (χ4n) is 3.13. The predicted octanol–water partition coefficient (Wildman–Crippen LogP) is 2.57. The lowest BCUT2D eigenvalue weighted by Crippen LogP contribution is -2.53. The highest BCUT2D eigenvalue weighted by atomic mass is 31.2. The summed E-state index contributed by atoms with van der Waals surface area (Å²) < 4.78 is 16.0. The van der Waals surface area contributed by atoms with Crippen molar-refractivity contribution in [3.05, 3.63) is 0 Å². The summed E-state index contributed by atoms with van der Waals surface area (Å²) >= 11 is 0. The Morgan fingerprint density at radius 2 is 1.72 bits per heavy atom. The third-order valence-corrected chi connectivity index (χ3v) is 4.37. The number of aliphatic hydroxyl groups is 1. The van der Waals surface area contributed by atoms with Crippen molar-refractivity contribution in [2.75, 3.05) is 13.3 Å². The van der Waals surface area contributed by atoms with Gasteiger partial charge in [-0.3, -0.25) is 4.57 Å². The Kier molecular flexibility index (Phi) is 4.67. The molecule has 0 heterocycles. The molecule has 0 aromatic heterocycles. The Morgan fingerprint density at radius 3 is 1.94 bits per heavy atom. The van der Waals surface area contributed by atoms with Crippen LogP contribution in [0, 0.1) is 17.3 Å². The molecule has 1 unspecified atom stereocenters. The van der Waals surface area contributed by atoms with E-state index in [1.54, 1.807) is 0 Å². The van der Waals surface area contributed by atoms with Gasteiger partial charge >= 0.3 is 7.60 Å². The number of hydrogen-bond donors (Lipinski definition) is 2. The zero-order valence-corrected chi connectivity index (χ0v) is 12.7. The molecule has 0 spiro atoms. The zero-order chi connectivity index (χ0) is 14.2. The SMILES string of the molecule is CC(C)C(OOP(C)(=O)O)(C(C)C)C1(CO)CC1. The minimum atomic E-state index is -3.70. The molecule has 2 N–H and O–H groups in total. The van der Waals surface area contributed by atoms with Crippen LogP contribution in [0.5, 0.6) is 0 Å². The van der Waals surface area contributed by atoms with Crippen molar-refractivity contribution in [2.45, 2.75) is 46.1 Å². The smallest absolute Gasteiger partial charge is 0.352 e. The Balaban J connectivity index is 3.04. The average molecular weight is 280 g/mol. The Bertz CT molecular complexity index is 321. The maximum atomic E-state index is 11.3. The van der Waals surface area contributed by atoms with Gasteiger partial charge in [0.2, 0.25) is 0 Å². The summed E-state index contributed by atoms with van der Waals surface area (Å²) in [4.78, 5) is 14.7. The summed E-state index contributed by atoms with van der Waals surface area (Å²) in [5.41, 5.74) is -1.10. The standard InChI is InChI=1S/C12H25O5P/c1-9(2)12(10(3)4,11(8-13)6-7-11)16-17-18(5,14)15/h9-10,13H,6-8H2,1-5H3,(H,14,15). The normalized spacial score (nSPS) is 22.3. The highest BCUT2D eigenvalue weighted by molar-refractivity contribution is 7.51. The van der Waals surface area contributed by atoms with Gasteiger partial charge in [0, 0.05) is 12.1 Å². The molecule has 0 radical (unpaired) electrons. The van der Waals surface area contributed by atoms with Crippen LogP contribution in [0.3, 0.4) is 0 Å². The van der Waals surface area contributed by atoms with E-state index >= 15 is 0 Å². The second-order valence-electron chi connectivity index (χ2n) is 6.00. The molecule has 1 aliphatic carbocycles. The summed E-state index contributed by atoms with van der Waals surface area (Å²) in [6.45, 7) is 9.03. The van der Waals surface area contributed by atoms with Gasteiger partial charge in [0.25, 0.3) is 0 Å². The van der Waals surface area contributed by atoms with Crippen LogP contribution < -0.4 is 0 Å². The quantitative estimate of drug-likeness (QED) is 0.426. The first-order chi connectivity index (χ1) is 8.11. The van der Waals surface area contributed by atoms with Crippen LogP contribution in [-0.2, 0) is 14.1 Å². The zero-order valence-electron chi connectivity index (χ0n) is 11.8. The van der Waals surface area contributed by atoms with E-state index in [1.165, 1.54) is 0 Å². The van der Waals surface area contributed by atoms with Gasteiger partial charge in [-0.2, -0.15) is 0 Å². The maximum absolute atomic E-state index is 11.3. The molecule has 5 nitrogen and oxygen atoms in total. The number of aliphatic hydroxyl groups excluding tert-OH is 1. The number of hydrogen-bond acceptors (Lipinski definition) is 4. The van der Waals surface area contributed by atoms with Gasteiger partial charge in [0.05, 0.1) is 6.61 Å². The molecule has 0 aromatic carbocycles. The van der Waals surface area contributed by atoms with Gasteiger partial charge in [-0.25, -0.2) is 4.89 Å². The van der Waals surface area contributed by atoms with Crippen molar-refractivity contribution in [3.8, 4) is 0 Å². The predicted molar refractivity (Wildman–Crippen MR) is 69.1 cm³/mol. The van der Waals surface area contributed by atoms with Crippen molar-refractivity contribution >= 4 is 7.60 Å². The molecular formula is C12H25O5P. The molecule has 0 aliphatic heterocycles. The summed E-state index contributed by atoms with van der Waals surface area (Å²) in [7, 11) is -3.70. The average Bonchev–Trinajstić information content (AvgIpc) is 2.97. The van der Waals surface area contributed by atoms with E-state index in [0.717, 1.165) is 19.5 Å². The molecule has 1 rings (SSSR count). The maximum Gasteiger partial charge on any atom is 0.352 e. The van der Waals surface area contributed by atoms with E-state index in [-0.39, 0.29) is 23.9 Å². The minimum absolute atomic E-state index is 0.00612. The molecule has 0 saturated heterocycles. The van der Waals surface area contributed by atoms with Crippen molar-refractivity contribution in [2.24, 2.45) is 17.3 Å². The van der Waals surface area contributed by atoms with E-state index in [0.29, 0.717) is 0 Å². The van der Waals surface area contributed by atoms with Gasteiger partial charge in [-0.15, -0.1) is 4.67 Å². The van der Waals surface area contributed by atoms with Crippen LogP contribution in [-0.4, -0.2) is 28.9 Å². The van der Waals surface area contributed by atoms with Crippen LogP contribution in [0.25, 0.3) is 0 Å². The second-order valence-corrected chi connectivity index (χ2v) is 7.76. The third-order valence-electron chi connectivity index (χ3n) is 4.01. The topological polar surface area (TPSA) is 76.0 Å². The molecule has 1 aliphatic rings. The van der Waals surface area contributed by atoms with E-state index in [1.807, 2.05) is 27.7 Å². The van der Waals surface area contributed by atoms with Crippen molar-refractivity contribution in [1.29, 1.82) is 0 Å². The van der Waals surface area contributed by atoms with E-state index in [4.69, 9.17) is 9.56 Å². The highest BCUT2D eigenvalue weighted by Crippen LogP contribution is 2.62. The fourth-order valence-corrected chi connectivity index (χ4v) is 3.39. The van der Waals surface area contributed by atoms with Gasteiger partial charge < -0.3 is 10.00 Å². The fraction of sp³-hybridized carbons (Fsp3) is 1.00. The molecular weight excluding hydrogens is 255 g/mol. The summed E-state index contributed by atoms with van der Waals surface area (Å²) in [6.07, 6.45) is 1.70. The van der Waals surface area contributed by atoms with Gasteiger partial charge in [0.1, 0.15) is 5.60 Å². The monoisotopic (exact) mass is 280 g/mol.